The van der Waals surface area contributed by atoms with Crippen molar-refractivity contribution in [2.24, 2.45) is 0 Å². The molecule has 0 spiro atoms. The number of allylic oxidation sites excluding steroid dienone is 1. The first-order valence-electron chi connectivity index (χ1n) is 8.52. The molecule has 0 amide bonds. The molecular formula is C23H17Cl2NO2. The quantitative estimate of drug-likeness (QED) is 0.338. The number of hydrogen-bond acceptors (Lipinski definition) is 3. The zero-order valence-corrected chi connectivity index (χ0v) is 16.7. The molecule has 140 valence electrons. The highest BCUT2D eigenvalue weighted by Gasteiger charge is 2.11. The Bertz CT molecular complexity index is 1000. The molecule has 0 unspecified atom stereocenters. The van der Waals surface area contributed by atoms with Gasteiger partial charge >= 0.3 is 0 Å². The van der Waals surface area contributed by atoms with E-state index >= 15 is 0 Å². The van der Waals surface area contributed by atoms with Crippen LogP contribution in [0.1, 0.15) is 16.7 Å². The fourth-order valence-electron chi connectivity index (χ4n) is 2.65. The standard InChI is InChI=1S/C23H17Cl2NO2/c1-27-20-9-7-18(8-10-20)19(14-26)11-17-12-21(24)23(22(25)13-17)28-15-16-5-3-2-4-6-16/h2-13H,15H2,1H3/b19-11+. The van der Waals surface area contributed by atoms with Crippen molar-refractivity contribution in [3.8, 4) is 17.6 Å². The minimum Gasteiger partial charge on any atom is -0.497 e. The number of nitrogens with zero attached hydrogens (tertiary/aromatic N) is 1. The number of halogens is 2. The van der Waals surface area contributed by atoms with E-state index in [2.05, 4.69) is 6.07 Å². The first-order chi connectivity index (χ1) is 13.6. The third-order valence-electron chi connectivity index (χ3n) is 4.08. The number of hydrogen-bond donors (Lipinski definition) is 0. The molecule has 0 fully saturated rings. The molecular weight excluding hydrogens is 393 g/mol. The Morgan fingerprint density at radius 2 is 1.64 bits per heavy atom. The molecule has 0 aliphatic rings. The third kappa shape index (κ3) is 4.86. The van der Waals surface area contributed by atoms with Crippen molar-refractivity contribution in [2.45, 2.75) is 6.61 Å². The third-order valence-corrected chi connectivity index (χ3v) is 4.64. The molecule has 5 heteroatoms. The van der Waals surface area contributed by atoms with Crippen molar-refractivity contribution >= 4 is 34.9 Å². The van der Waals surface area contributed by atoms with Gasteiger partial charge in [-0.15, -0.1) is 0 Å². The van der Waals surface area contributed by atoms with Crippen LogP contribution in [0, 0.1) is 11.3 Å². The first kappa shape index (κ1) is 19.8. The predicted molar refractivity (Wildman–Crippen MR) is 114 cm³/mol. The van der Waals surface area contributed by atoms with Gasteiger partial charge in [0.2, 0.25) is 0 Å². The Morgan fingerprint density at radius 1 is 1.00 bits per heavy atom. The highest BCUT2D eigenvalue weighted by molar-refractivity contribution is 6.37. The van der Waals surface area contributed by atoms with Crippen LogP contribution in [0.5, 0.6) is 11.5 Å². The SMILES string of the molecule is COc1ccc(/C(C#N)=C/c2cc(Cl)c(OCc3ccccc3)c(Cl)c2)cc1. The van der Waals surface area contributed by atoms with Gasteiger partial charge in [0.1, 0.15) is 12.4 Å². The van der Waals surface area contributed by atoms with E-state index in [1.165, 1.54) is 0 Å². The smallest absolute Gasteiger partial charge is 0.157 e. The lowest BCUT2D eigenvalue weighted by Gasteiger charge is -2.11. The minimum atomic E-state index is 0.366. The average Bonchev–Trinajstić information content (AvgIpc) is 2.72. The summed E-state index contributed by atoms with van der Waals surface area (Å²) in [5.41, 5.74) is 3.01. The van der Waals surface area contributed by atoms with Crippen LogP contribution >= 0.6 is 23.2 Å². The first-order valence-corrected chi connectivity index (χ1v) is 9.28. The van der Waals surface area contributed by atoms with Crippen molar-refractivity contribution in [1.82, 2.24) is 0 Å². The summed E-state index contributed by atoms with van der Waals surface area (Å²) >= 11 is 12.7. The molecule has 0 saturated carbocycles. The Balaban J connectivity index is 1.84. The molecule has 0 aliphatic heterocycles. The summed E-state index contributed by atoms with van der Waals surface area (Å²) in [4.78, 5) is 0. The summed E-state index contributed by atoms with van der Waals surface area (Å²) in [7, 11) is 1.60. The summed E-state index contributed by atoms with van der Waals surface area (Å²) in [5, 5.41) is 10.3. The molecule has 3 nitrogen and oxygen atoms in total. The summed E-state index contributed by atoms with van der Waals surface area (Å²) in [6, 6.07) is 22.7. The van der Waals surface area contributed by atoms with Gasteiger partial charge in [-0.2, -0.15) is 5.26 Å². The fourth-order valence-corrected chi connectivity index (χ4v) is 3.26. The van der Waals surface area contributed by atoms with E-state index in [0.29, 0.717) is 28.0 Å². The second kappa shape index (κ2) is 9.32. The molecule has 28 heavy (non-hydrogen) atoms. The number of nitriles is 1. The van der Waals surface area contributed by atoms with Gasteiger partial charge in [-0.3, -0.25) is 0 Å². The molecule has 0 radical (unpaired) electrons. The van der Waals surface area contributed by atoms with Crippen LogP contribution in [0.15, 0.2) is 66.7 Å². The number of methoxy groups -OCH3 is 1. The summed E-state index contributed by atoms with van der Waals surface area (Å²) in [6.45, 7) is 0.366. The highest BCUT2D eigenvalue weighted by atomic mass is 35.5. The lowest BCUT2D eigenvalue weighted by molar-refractivity contribution is 0.306. The van der Waals surface area contributed by atoms with Crippen molar-refractivity contribution in [3.05, 3.63) is 93.5 Å². The van der Waals surface area contributed by atoms with Crippen LogP contribution in [0.2, 0.25) is 10.0 Å². The molecule has 0 N–H and O–H groups in total. The zero-order chi connectivity index (χ0) is 19.9. The van der Waals surface area contributed by atoms with Gasteiger partial charge in [-0.25, -0.2) is 0 Å². The van der Waals surface area contributed by atoms with Gasteiger partial charge in [0.25, 0.3) is 0 Å². The molecule has 0 aromatic heterocycles. The molecule has 3 aromatic carbocycles. The van der Waals surface area contributed by atoms with E-state index < -0.39 is 0 Å². The normalized spacial score (nSPS) is 11.0. The van der Waals surface area contributed by atoms with E-state index in [4.69, 9.17) is 32.7 Å². The second-order valence-corrected chi connectivity index (χ2v) is 6.80. The van der Waals surface area contributed by atoms with E-state index in [1.54, 1.807) is 37.5 Å². The Hall–Kier alpha value is -2.93. The van der Waals surface area contributed by atoms with Crippen LogP contribution in [-0.2, 0) is 6.61 Å². The maximum absolute atomic E-state index is 9.53. The number of ether oxygens (including phenoxy) is 2. The van der Waals surface area contributed by atoms with Crippen molar-refractivity contribution in [3.63, 3.8) is 0 Å². The van der Waals surface area contributed by atoms with Gasteiger partial charge < -0.3 is 9.47 Å². The maximum atomic E-state index is 9.53. The molecule has 0 aliphatic carbocycles. The van der Waals surface area contributed by atoms with Gasteiger partial charge in [0, 0.05) is 0 Å². The van der Waals surface area contributed by atoms with Gasteiger partial charge in [0.15, 0.2) is 5.75 Å². The second-order valence-electron chi connectivity index (χ2n) is 5.99. The zero-order valence-electron chi connectivity index (χ0n) is 15.2. The molecule has 0 atom stereocenters. The molecule has 0 bridgehead atoms. The van der Waals surface area contributed by atoms with Crippen LogP contribution in [-0.4, -0.2) is 7.11 Å². The molecule has 3 rings (SSSR count). The van der Waals surface area contributed by atoms with Gasteiger partial charge in [-0.1, -0.05) is 53.5 Å². The van der Waals surface area contributed by atoms with Gasteiger partial charge in [0.05, 0.1) is 28.8 Å². The Labute approximate surface area is 174 Å². The topological polar surface area (TPSA) is 42.2 Å². The van der Waals surface area contributed by atoms with Crippen LogP contribution in [0.25, 0.3) is 11.6 Å². The molecule has 0 heterocycles. The van der Waals surface area contributed by atoms with Crippen molar-refractivity contribution in [2.75, 3.05) is 7.11 Å². The maximum Gasteiger partial charge on any atom is 0.157 e. The van der Waals surface area contributed by atoms with E-state index in [0.717, 1.165) is 22.4 Å². The van der Waals surface area contributed by atoms with Crippen molar-refractivity contribution < 1.29 is 9.47 Å². The van der Waals surface area contributed by atoms with E-state index in [1.807, 2.05) is 42.5 Å². The van der Waals surface area contributed by atoms with Crippen LogP contribution in [0.3, 0.4) is 0 Å². The summed E-state index contributed by atoms with van der Waals surface area (Å²) in [6.07, 6.45) is 1.74. The Kier molecular flexibility index (Phi) is 6.60. The largest absolute Gasteiger partial charge is 0.497 e. The predicted octanol–water partition coefficient (Wildman–Crippen LogP) is 6.65. The lowest BCUT2D eigenvalue weighted by atomic mass is 10.0. The fraction of sp³-hybridized carbons (Fsp3) is 0.0870. The Morgan fingerprint density at radius 3 is 2.21 bits per heavy atom. The summed E-state index contributed by atoms with van der Waals surface area (Å²) in [5.74, 6) is 1.15. The highest BCUT2D eigenvalue weighted by Crippen LogP contribution is 2.36. The number of rotatable bonds is 6. The van der Waals surface area contributed by atoms with Crippen LogP contribution in [0.4, 0.5) is 0 Å². The van der Waals surface area contributed by atoms with Gasteiger partial charge in [-0.05, 0) is 59.2 Å². The van der Waals surface area contributed by atoms with Crippen LogP contribution < -0.4 is 9.47 Å². The lowest BCUT2D eigenvalue weighted by Crippen LogP contribution is -1.96. The monoisotopic (exact) mass is 409 g/mol. The van der Waals surface area contributed by atoms with Crippen molar-refractivity contribution in [1.29, 1.82) is 5.26 Å². The molecule has 3 aromatic rings. The van der Waals surface area contributed by atoms with E-state index in [9.17, 15) is 5.26 Å². The van der Waals surface area contributed by atoms with E-state index in [-0.39, 0.29) is 0 Å². The summed E-state index contributed by atoms with van der Waals surface area (Å²) < 4.78 is 10.9. The average molecular weight is 410 g/mol. The minimum absolute atomic E-state index is 0.366. The molecule has 0 saturated heterocycles. The number of benzene rings is 3.